The summed E-state index contributed by atoms with van der Waals surface area (Å²) in [6.07, 6.45) is 1.02. The zero-order valence-corrected chi connectivity index (χ0v) is 15.6. The van der Waals surface area contributed by atoms with Crippen LogP contribution >= 0.6 is 11.6 Å². The lowest BCUT2D eigenvalue weighted by molar-refractivity contribution is -0.121. The first-order chi connectivity index (χ1) is 12.6. The van der Waals surface area contributed by atoms with Crippen LogP contribution in [0.2, 0.25) is 5.02 Å². The molecule has 0 spiro atoms. The van der Waals surface area contributed by atoms with E-state index in [1.165, 1.54) is 0 Å². The molecule has 26 heavy (non-hydrogen) atoms. The number of carbonyl (C=O) groups excluding carboxylic acids is 2. The van der Waals surface area contributed by atoms with E-state index in [0.717, 1.165) is 18.5 Å². The van der Waals surface area contributed by atoms with Crippen molar-refractivity contribution >= 4 is 23.4 Å². The van der Waals surface area contributed by atoms with Crippen LogP contribution in [0.3, 0.4) is 0 Å². The van der Waals surface area contributed by atoms with Crippen molar-refractivity contribution in [1.29, 1.82) is 0 Å². The Labute approximate surface area is 159 Å². The normalized spacial score (nSPS) is 11.6. The second-order valence-corrected chi connectivity index (χ2v) is 6.33. The topological polar surface area (TPSA) is 70.2 Å². The molecular formula is C20H24ClN3O2. The van der Waals surface area contributed by atoms with Gasteiger partial charge in [-0.3, -0.25) is 9.59 Å². The highest BCUT2D eigenvalue weighted by Gasteiger charge is 2.20. The van der Waals surface area contributed by atoms with Gasteiger partial charge < -0.3 is 16.0 Å². The highest BCUT2D eigenvalue weighted by atomic mass is 35.5. The molecule has 0 saturated carbocycles. The van der Waals surface area contributed by atoms with Gasteiger partial charge in [-0.2, -0.15) is 0 Å². The highest BCUT2D eigenvalue weighted by molar-refractivity contribution is 6.33. The maximum absolute atomic E-state index is 12.6. The maximum Gasteiger partial charge on any atom is 0.253 e. The number of amides is 2. The number of hydrogen-bond donors (Lipinski definition) is 3. The fourth-order valence-corrected chi connectivity index (χ4v) is 2.79. The molecular weight excluding hydrogens is 350 g/mol. The second kappa shape index (κ2) is 10.6. The van der Waals surface area contributed by atoms with E-state index in [1.807, 2.05) is 37.4 Å². The average molecular weight is 374 g/mol. The van der Waals surface area contributed by atoms with E-state index in [-0.39, 0.29) is 18.2 Å². The first-order valence-electron chi connectivity index (χ1n) is 8.63. The minimum absolute atomic E-state index is 0.102. The molecule has 0 heterocycles. The van der Waals surface area contributed by atoms with Crippen molar-refractivity contribution < 1.29 is 9.59 Å². The van der Waals surface area contributed by atoms with Crippen molar-refractivity contribution in [2.75, 3.05) is 20.1 Å². The van der Waals surface area contributed by atoms with E-state index in [4.69, 9.17) is 11.6 Å². The fraction of sp³-hybridized carbons (Fsp3) is 0.300. The van der Waals surface area contributed by atoms with Crippen LogP contribution in [0.4, 0.5) is 0 Å². The van der Waals surface area contributed by atoms with Gasteiger partial charge >= 0.3 is 0 Å². The molecule has 0 aliphatic heterocycles. The summed E-state index contributed by atoms with van der Waals surface area (Å²) < 4.78 is 0. The molecule has 2 rings (SSSR count). The molecule has 2 amide bonds. The van der Waals surface area contributed by atoms with Gasteiger partial charge in [-0.25, -0.2) is 0 Å². The lowest BCUT2D eigenvalue weighted by Gasteiger charge is -2.19. The Morgan fingerprint density at radius 1 is 1.00 bits per heavy atom. The molecule has 1 unspecified atom stereocenters. The smallest absolute Gasteiger partial charge is 0.253 e. The van der Waals surface area contributed by atoms with E-state index >= 15 is 0 Å². The lowest BCUT2D eigenvalue weighted by Crippen LogP contribution is -2.34. The summed E-state index contributed by atoms with van der Waals surface area (Å²) in [7, 11) is 1.87. The summed E-state index contributed by atoms with van der Waals surface area (Å²) in [5.41, 5.74) is 1.27. The van der Waals surface area contributed by atoms with Gasteiger partial charge in [-0.15, -0.1) is 0 Å². The molecule has 2 aromatic carbocycles. The standard InChI is InChI=1S/C20H24ClN3O2/c1-22-12-7-13-23-19(25)14-18(15-8-3-2-4-9-15)24-20(26)16-10-5-6-11-17(16)21/h2-6,8-11,18,22H,7,12-14H2,1H3,(H,23,25)(H,24,26). The molecule has 6 heteroatoms. The Morgan fingerprint density at radius 2 is 1.69 bits per heavy atom. The van der Waals surface area contributed by atoms with Crippen LogP contribution in [-0.2, 0) is 4.79 Å². The second-order valence-electron chi connectivity index (χ2n) is 5.93. The van der Waals surface area contributed by atoms with Gasteiger partial charge in [-0.05, 0) is 37.7 Å². The Kier molecular flexibility index (Phi) is 8.12. The van der Waals surface area contributed by atoms with E-state index in [1.54, 1.807) is 24.3 Å². The Morgan fingerprint density at radius 3 is 2.38 bits per heavy atom. The van der Waals surface area contributed by atoms with Crippen molar-refractivity contribution in [2.24, 2.45) is 0 Å². The fourth-order valence-electron chi connectivity index (χ4n) is 2.57. The number of rotatable bonds is 9. The summed E-state index contributed by atoms with van der Waals surface area (Å²) >= 11 is 6.11. The maximum atomic E-state index is 12.6. The molecule has 1 atom stereocenters. The minimum atomic E-state index is -0.427. The third-order valence-corrected chi connectivity index (χ3v) is 4.27. The number of nitrogens with one attached hydrogen (secondary N) is 3. The number of carbonyl (C=O) groups is 2. The van der Waals surface area contributed by atoms with Crippen LogP contribution in [0.1, 0.15) is 34.8 Å². The highest BCUT2D eigenvalue weighted by Crippen LogP contribution is 2.20. The quantitative estimate of drug-likeness (QED) is 0.592. The molecule has 0 saturated heterocycles. The average Bonchev–Trinajstić information content (AvgIpc) is 2.65. The minimum Gasteiger partial charge on any atom is -0.356 e. The van der Waals surface area contributed by atoms with Crippen LogP contribution in [0.15, 0.2) is 54.6 Å². The monoisotopic (exact) mass is 373 g/mol. The Balaban J connectivity index is 2.06. The molecule has 2 aromatic rings. The Hall–Kier alpha value is -2.37. The van der Waals surface area contributed by atoms with E-state index < -0.39 is 6.04 Å². The van der Waals surface area contributed by atoms with Crippen molar-refractivity contribution in [3.63, 3.8) is 0 Å². The Bertz CT molecular complexity index is 722. The van der Waals surface area contributed by atoms with Gasteiger partial charge in [0.15, 0.2) is 0 Å². The summed E-state index contributed by atoms with van der Waals surface area (Å²) in [6, 6.07) is 15.9. The van der Waals surface area contributed by atoms with Crippen LogP contribution in [-0.4, -0.2) is 32.0 Å². The van der Waals surface area contributed by atoms with Gasteiger partial charge in [0.05, 0.1) is 23.0 Å². The van der Waals surface area contributed by atoms with Crippen molar-refractivity contribution in [2.45, 2.75) is 18.9 Å². The van der Waals surface area contributed by atoms with Gasteiger partial charge in [0, 0.05) is 6.54 Å². The molecule has 138 valence electrons. The third-order valence-electron chi connectivity index (χ3n) is 3.94. The molecule has 3 N–H and O–H groups in total. The first kappa shape index (κ1) is 19.9. The van der Waals surface area contributed by atoms with Gasteiger partial charge in [0.25, 0.3) is 5.91 Å². The van der Waals surface area contributed by atoms with Crippen LogP contribution in [0, 0.1) is 0 Å². The molecule has 0 radical (unpaired) electrons. The molecule has 0 bridgehead atoms. The molecule has 0 aromatic heterocycles. The molecule has 5 nitrogen and oxygen atoms in total. The zero-order valence-electron chi connectivity index (χ0n) is 14.8. The largest absolute Gasteiger partial charge is 0.356 e. The van der Waals surface area contributed by atoms with E-state index in [9.17, 15) is 9.59 Å². The van der Waals surface area contributed by atoms with Crippen LogP contribution < -0.4 is 16.0 Å². The van der Waals surface area contributed by atoms with Crippen molar-refractivity contribution in [1.82, 2.24) is 16.0 Å². The SMILES string of the molecule is CNCCCNC(=O)CC(NC(=O)c1ccccc1Cl)c1ccccc1. The van der Waals surface area contributed by atoms with E-state index in [2.05, 4.69) is 16.0 Å². The zero-order chi connectivity index (χ0) is 18.8. The summed E-state index contributed by atoms with van der Waals surface area (Å²) in [5.74, 6) is -0.401. The van der Waals surface area contributed by atoms with Crippen LogP contribution in [0.25, 0.3) is 0 Å². The van der Waals surface area contributed by atoms with Gasteiger partial charge in [0.2, 0.25) is 5.91 Å². The molecule has 0 aliphatic carbocycles. The summed E-state index contributed by atoms with van der Waals surface area (Å²) in [5, 5.41) is 9.23. The van der Waals surface area contributed by atoms with Crippen molar-refractivity contribution in [3.8, 4) is 0 Å². The van der Waals surface area contributed by atoms with Crippen molar-refractivity contribution in [3.05, 3.63) is 70.7 Å². The third kappa shape index (κ3) is 6.17. The summed E-state index contributed by atoms with van der Waals surface area (Å²) in [6.45, 7) is 1.44. The molecule has 0 fully saturated rings. The van der Waals surface area contributed by atoms with E-state index in [0.29, 0.717) is 17.1 Å². The predicted octanol–water partition coefficient (Wildman–Crippen LogP) is 2.93. The summed E-state index contributed by atoms with van der Waals surface area (Å²) in [4.78, 5) is 24.9. The molecule has 0 aliphatic rings. The van der Waals surface area contributed by atoms with Gasteiger partial charge in [-0.1, -0.05) is 54.1 Å². The first-order valence-corrected chi connectivity index (χ1v) is 9.01. The van der Waals surface area contributed by atoms with Gasteiger partial charge in [0.1, 0.15) is 0 Å². The lowest BCUT2D eigenvalue weighted by atomic mass is 10.0. The number of halogens is 1. The number of benzene rings is 2. The predicted molar refractivity (Wildman–Crippen MR) is 104 cm³/mol. The number of hydrogen-bond acceptors (Lipinski definition) is 3. The van der Waals surface area contributed by atoms with Crippen LogP contribution in [0.5, 0.6) is 0 Å².